The van der Waals surface area contributed by atoms with E-state index in [-0.39, 0.29) is 12.7 Å². The number of aromatic nitrogens is 5. The van der Waals surface area contributed by atoms with Crippen LogP contribution in [-0.2, 0) is 6.54 Å². The number of rotatable bonds is 4. The molecule has 9 heteroatoms. The Morgan fingerprint density at radius 3 is 3.00 bits per heavy atom. The van der Waals surface area contributed by atoms with Gasteiger partial charge in [-0.3, -0.25) is 4.79 Å². The molecule has 5 rings (SSSR count). The first-order chi connectivity index (χ1) is 13.7. The summed E-state index contributed by atoms with van der Waals surface area (Å²) in [5.41, 5.74) is 2.85. The number of aryl methyl sites for hydroxylation is 1. The van der Waals surface area contributed by atoms with Gasteiger partial charge < -0.3 is 14.8 Å². The second kappa shape index (κ2) is 6.38. The second-order valence-corrected chi connectivity index (χ2v) is 6.47. The highest BCUT2D eigenvalue weighted by atomic mass is 16.7. The molecule has 0 atom stereocenters. The third kappa shape index (κ3) is 2.82. The number of hydrogen-bond acceptors (Lipinski definition) is 6. The summed E-state index contributed by atoms with van der Waals surface area (Å²) in [6.07, 6.45) is 6.68. The molecule has 0 fully saturated rings. The summed E-state index contributed by atoms with van der Waals surface area (Å²) < 4.78 is 14.0. The van der Waals surface area contributed by atoms with Crippen LogP contribution < -0.4 is 14.8 Å². The third-order valence-electron chi connectivity index (χ3n) is 4.46. The molecule has 1 aromatic carbocycles. The van der Waals surface area contributed by atoms with Crippen LogP contribution in [-0.4, -0.2) is 37.1 Å². The van der Waals surface area contributed by atoms with E-state index in [9.17, 15) is 4.79 Å². The van der Waals surface area contributed by atoms with Crippen molar-refractivity contribution in [1.82, 2.24) is 24.4 Å². The highest BCUT2D eigenvalue weighted by Crippen LogP contribution is 2.32. The Labute approximate surface area is 159 Å². The van der Waals surface area contributed by atoms with Crippen molar-refractivity contribution < 1.29 is 14.3 Å². The number of benzene rings is 1. The van der Waals surface area contributed by atoms with Gasteiger partial charge in [0.25, 0.3) is 5.91 Å². The van der Waals surface area contributed by atoms with Crippen LogP contribution >= 0.6 is 0 Å². The lowest BCUT2D eigenvalue weighted by molar-refractivity contribution is 0.102. The molecule has 0 unspecified atom stereocenters. The van der Waals surface area contributed by atoms with E-state index in [2.05, 4.69) is 20.5 Å². The summed E-state index contributed by atoms with van der Waals surface area (Å²) in [6.45, 7) is 2.63. The van der Waals surface area contributed by atoms with E-state index in [4.69, 9.17) is 9.47 Å². The molecular weight excluding hydrogens is 360 g/mol. The van der Waals surface area contributed by atoms with Crippen LogP contribution in [0.4, 0.5) is 5.82 Å². The molecule has 0 radical (unpaired) electrons. The molecule has 0 spiro atoms. The molecule has 28 heavy (non-hydrogen) atoms. The Hall–Kier alpha value is -3.88. The Bertz CT molecular complexity index is 1200. The minimum Gasteiger partial charge on any atom is -0.454 e. The molecular formula is C19H16N6O3. The fraction of sp³-hybridized carbons (Fsp3) is 0.158. The van der Waals surface area contributed by atoms with Crippen molar-refractivity contribution in [3.8, 4) is 11.5 Å². The number of carbonyl (C=O) groups excluding carboxylic acids is 1. The first-order valence-electron chi connectivity index (χ1n) is 8.69. The molecule has 1 aliphatic heterocycles. The lowest BCUT2D eigenvalue weighted by Gasteiger charge is -2.09. The number of ether oxygens (including phenoxy) is 2. The van der Waals surface area contributed by atoms with Crippen molar-refractivity contribution in [2.45, 2.75) is 13.5 Å². The van der Waals surface area contributed by atoms with Gasteiger partial charge in [0, 0.05) is 18.5 Å². The summed E-state index contributed by atoms with van der Waals surface area (Å²) in [4.78, 5) is 17.1. The first-order valence-corrected chi connectivity index (χ1v) is 8.69. The van der Waals surface area contributed by atoms with Crippen LogP contribution in [0.25, 0.3) is 5.65 Å². The Morgan fingerprint density at radius 2 is 2.07 bits per heavy atom. The van der Waals surface area contributed by atoms with Crippen molar-refractivity contribution >= 4 is 17.4 Å². The van der Waals surface area contributed by atoms with Crippen LogP contribution in [0.1, 0.15) is 21.5 Å². The van der Waals surface area contributed by atoms with Crippen molar-refractivity contribution in [2.75, 3.05) is 12.1 Å². The lowest BCUT2D eigenvalue weighted by atomic mass is 10.2. The quantitative estimate of drug-likeness (QED) is 0.587. The average Bonchev–Trinajstić information content (AvgIpc) is 3.41. The zero-order chi connectivity index (χ0) is 19.1. The third-order valence-corrected chi connectivity index (χ3v) is 4.46. The van der Waals surface area contributed by atoms with Crippen molar-refractivity contribution in [1.29, 1.82) is 0 Å². The zero-order valence-corrected chi connectivity index (χ0v) is 15.0. The van der Waals surface area contributed by atoms with Gasteiger partial charge in [0.2, 0.25) is 6.79 Å². The molecule has 4 aromatic rings. The molecule has 1 N–H and O–H groups in total. The minimum atomic E-state index is -0.293. The molecule has 1 amide bonds. The smallest absolute Gasteiger partial charge is 0.262 e. The van der Waals surface area contributed by atoms with Gasteiger partial charge in [-0.2, -0.15) is 10.2 Å². The van der Waals surface area contributed by atoms with Gasteiger partial charge >= 0.3 is 0 Å². The fourth-order valence-corrected chi connectivity index (χ4v) is 3.09. The Balaban J connectivity index is 1.38. The van der Waals surface area contributed by atoms with E-state index < -0.39 is 0 Å². The first kappa shape index (κ1) is 16.3. The highest BCUT2D eigenvalue weighted by molar-refractivity contribution is 6.07. The topological polar surface area (TPSA) is 95.6 Å². The standard InChI is InChI=1S/C19H16N6O3/c1-12-7-20-18-14(8-22-25(18)9-12)19(26)23-17-4-5-21-24(17)10-13-2-3-15-16(6-13)28-11-27-15/h2-9H,10-11H2,1H3,(H,23,26). The molecule has 1 aliphatic rings. The molecule has 3 aromatic heterocycles. The van der Waals surface area contributed by atoms with E-state index >= 15 is 0 Å². The van der Waals surface area contributed by atoms with Crippen molar-refractivity contribution in [3.05, 3.63) is 65.7 Å². The van der Waals surface area contributed by atoms with Gasteiger partial charge in [-0.25, -0.2) is 14.2 Å². The number of carbonyl (C=O) groups is 1. The van der Waals surface area contributed by atoms with Crippen LogP contribution in [0, 0.1) is 6.92 Å². The van der Waals surface area contributed by atoms with Crippen molar-refractivity contribution in [2.24, 2.45) is 0 Å². The normalized spacial score (nSPS) is 12.5. The highest BCUT2D eigenvalue weighted by Gasteiger charge is 2.17. The maximum absolute atomic E-state index is 12.7. The molecule has 140 valence electrons. The summed E-state index contributed by atoms with van der Waals surface area (Å²) in [6, 6.07) is 7.46. The van der Waals surface area contributed by atoms with E-state index in [1.54, 1.807) is 27.7 Å². The van der Waals surface area contributed by atoms with E-state index in [0.29, 0.717) is 29.3 Å². The summed E-state index contributed by atoms with van der Waals surface area (Å²) in [7, 11) is 0. The van der Waals surface area contributed by atoms with E-state index in [1.807, 2.05) is 31.3 Å². The number of nitrogens with one attached hydrogen (secondary N) is 1. The monoisotopic (exact) mass is 376 g/mol. The lowest BCUT2D eigenvalue weighted by Crippen LogP contribution is -2.16. The SMILES string of the molecule is Cc1cnc2c(C(=O)Nc3ccnn3Cc3ccc4c(c3)OCO4)cnn2c1. The average molecular weight is 376 g/mol. The minimum absolute atomic E-state index is 0.231. The van der Waals surface area contributed by atoms with Crippen molar-refractivity contribution in [3.63, 3.8) is 0 Å². The van der Waals surface area contributed by atoms with Gasteiger partial charge in [0.05, 0.1) is 18.9 Å². The van der Waals surface area contributed by atoms with Gasteiger partial charge in [-0.05, 0) is 30.2 Å². The molecule has 0 bridgehead atoms. The molecule has 9 nitrogen and oxygen atoms in total. The maximum Gasteiger partial charge on any atom is 0.262 e. The fourth-order valence-electron chi connectivity index (χ4n) is 3.09. The van der Waals surface area contributed by atoms with Gasteiger partial charge in [-0.1, -0.05) is 6.07 Å². The van der Waals surface area contributed by atoms with E-state index in [0.717, 1.165) is 16.9 Å². The Morgan fingerprint density at radius 1 is 1.18 bits per heavy atom. The van der Waals surface area contributed by atoms with Gasteiger partial charge in [-0.15, -0.1) is 0 Å². The molecule has 0 aliphatic carbocycles. The Kier molecular flexibility index (Phi) is 3.71. The number of fused-ring (bicyclic) bond motifs is 2. The van der Waals surface area contributed by atoms with Crippen LogP contribution in [0.15, 0.2) is 49.1 Å². The summed E-state index contributed by atoms with van der Waals surface area (Å²) in [5, 5.41) is 11.4. The summed E-state index contributed by atoms with van der Waals surface area (Å²) in [5.74, 6) is 1.73. The largest absolute Gasteiger partial charge is 0.454 e. The van der Waals surface area contributed by atoms with Crippen LogP contribution in [0.5, 0.6) is 11.5 Å². The van der Waals surface area contributed by atoms with Crippen LogP contribution in [0.2, 0.25) is 0 Å². The van der Waals surface area contributed by atoms with Crippen LogP contribution in [0.3, 0.4) is 0 Å². The molecule has 0 saturated carbocycles. The number of nitrogens with zero attached hydrogens (tertiary/aromatic N) is 5. The molecule has 0 saturated heterocycles. The predicted octanol–water partition coefficient (Wildman–Crippen LogP) is 2.26. The number of hydrogen-bond donors (Lipinski definition) is 1. The zero-order valence-electron chi connectivity index (χ0n) is 15.0. The van der Waals surface area contributed by atoms with Gasteiger partial charge in [0.15, 0.2) is 17.1 Å². The second-order valence-electron chi connectivity index (χ2n) is 6.47. The molecule has 4 heterocycles. The number of amides is 1. The predicted molar refractivity (Wildman–Crippen MR) is 99.6 cm³/mol. The maximum atomic E-state index is 12.7. The number of anilines is 1. The summed E-state index contributed by atoms with van der Waals surface area (Å²) >= 11 is 0. The van der Waals surface area contributed by atoms with E-state index in [1.165, 1.54) is 6.20 Å². The van der Waals surface area contributed by atoms with Gasteiger partial charge in [0.1, 0.15) is 11.4 Å².